The monoisotopic (exact) mass is 522 g/mol. The molecule has 0 saturated heterocycles. The van der Waals surface area contributed by atoms with Crippen molar-refractivity contribution in [2.75, 3.05) is 32.6 Å². The van der Waals surface area contributed by atoms with E-state index in [1.165, 1.54) is 18.3 Å². The molecule has 186 valence electrons. The van der Waals surface area contributed by atoms with Crippen LogP contribution in [0.25, 0.3) is 27.5 Å². The second-order valence-electron chi connectivity index (χ2n) is 8.82. The first kappa shape index (κ1) is 24.6. The molecular weight excluding hydrogens is 496 g/mol. The summed E-state index contributed by atoms with van der Waals surface area (Å²) in [6, 6.07) is 10.0. The molecule has 0 spiro atoms. The lowest BCUT2D eigenvalue weighted by atomic mass is 9.95. The van der Waals surface area contributed by atoms with E-state index in [1.54, 1.807) is 13.3 Å². The van der Waals surface area contributed by atoms with Crippen molar-refractivity contribution in [3.63, 3.8) is 0 Å². The molecule has 0 aliphatic heterocycles. The van der Waals surface area contributed by atoms with E-state index in [4.69, 9.17) is 21.4 Å². The summed E-state index contributed by atoms with van der Waals surface area (Å²) < 4.78 is 7.11. The summed E-state index contributed by atoms with van der Waals surface area (Å²) in [4.78, 5) is 23.8. The number of fused-ring (bicyclic) bond motifs is 3. The third-order valence-corrected chi connectivity index (χ3v) is 7.42. The van der Waals surface area contributed by atoms with Crippen LogP contribution in [0.3, 0.4) is 0 Å². The number of aromatic nitrogens is 4. The van der Waals surface area contributed by atoms with E-state index in [9.17, 15) is 4.79 Å². The zero-order valence-corrected chi connectivity index (χ0v) is 22.0. The Balaban J connectivity index is 1.60. The van der Waals surface area contributed by atoms with Crippen LogP contribution in [0.4, 0.5) is 5.13 Å². The van der Waals surface area contributed by atoms with Crippen LogP contribution in [0.2, 0.25) is 5.02 Å². The van der Waals surface area contributed by atoms with E-state index in [2.05, 4.69) is 33.3 Å². The number of pyridine rings is 1. The standard InChI is InChI=1S/C26H27ClN6O2S/c1-16(34)29-26-30-21-8-7-19-23(18-5-4-10-28-14-18)31-33(24(19)25(21)36-26)22-9-6-17(13-20(22)27)15-32(2)11-12-35-3/h4-6,9-10,13-14H,7-8,11-12,15H2,1-3H3,(H,29,30,34). The van der Waals surface area contributed by atoms with Gasteiger partial charge in [0.2, 0.25) is 5.91 Å². The molecule has 0 unspecified atom stereocenters. The molecule has 1 aliphatic rings. The van der Waals surface area contributed by atoms with E-state index in [0.29, 0.717) is 16.8 Å². The molecular formula is C26H27ClN6O2S. The Labute approximate surface area is 218 Å². The largest absolute Gasteiger partial charge is 0.383 e. The number of amides is 1. The van der Waals surface area contributed by atoms with Crippen molar-refractivity contribution < 1.29 is 9.53 Å². The topological polar surface area (TPSA) is 85.2 Å². The first-order chi connectivity index (χ1) is 17.4. The number of halogens is 1. The fraction of sp³-hybridized carbons (Fsp3) is 0.308. The van der Waals surface area contributed by atoms with Crippen molar-refractivity contribution in [3.8, 4) is 27.5 Å². The second-order valence-corrected chi connectivity index (χ2v) is 10.2. The Morgan fingerprint density at radius 2 is 2.17 bits per heavy atom. The molecule has 1 amide bonds. The van der Waals surface area contributed by atoms with Crippen molar-refractivity contribution in [2.24, 2.45) is 0 Å². The lowest BCUT2D eigenvalue weighted by Gasteiger charge is -2.18. The fourth-order valence-corrected chi connectivity index (χ4v) is 5.84. The van der Waals surface area contributed by atoms with Gasteiger partial charge in [0.1, 0.15) is 0 Å². The maximum atomic E-state index is 11.7. The van der Waals surface area contributed by atoms with Gasteiger partial charge in [0.25, 0.3) is 0 Å². The predicted molar refractivity (Wildman–Crippen MR) is 143 cm³/mol. The molecule has 1 aromatic carbocycles. The summed E-state index contributed by atoms with van der Waals surface area (Å²) in [6.45, 7) is 3.77. The quantitative estimate of drug-likeness (QED) is 0.356. The highest BCUT2D eigenvalue weighted by atomic mass is 35.5. The lowest BCUT2D eigenvalue weighted by Crippen LogP contribution is -2.22. The van der Waals surface area contributed by atoms with Gasteiger partial charge in [0.05, 0.1) is 39.3 Å². The number of hydrogen-bond acceptors (Lipinski definition) is 7. The number of aryl methyl sites for hydroxylation is 1. The number of benzene rings is 1. The molecule has 0 bridgehead atoms. The highest BCUT2D eigenvalue weighted by Gasteiger charge is 2.30. The van der Waals surface area contributed by atoms with Crippen molar-refractivity contribution >= 4 is 34.0 Å². The Morgan fingerprint density at radius 3 is 2.89 bits per heavy atom. The maximum Gasteiger partial charge on any atom is 0.223 e. The average Bonchev–Trinajstić information content (AvgIpc) is 3.44. The third kappa shape index (κ3) is 4.92. The van der Waals surface area contributed by atoms with Gasteiger partial charge in [-0.1, -0.05) is 29.0 Å². The normalized spacial score (nSPS) is 12.5. The molecule has 4 aromatic rings. The Bertz CT molecular complexity index is 1400. The minimum Gasteiger partial charge on any atom is -0.383 e. The van der Waals surface area contributed by atoms with Crippen molar-refractivity contribution in [2.45, 2.75) is 26.3 Å². The van der Waals surface area contributed by atoms with E-state index < -0.39 is 0 Å². The number of methoxy groups -OCH3 is 1. The molecule has 0 radical (unpaired) electrons. The summed E-state index contributed by atoms with van der Waals surface area (Å²) in [5.74, 6) is -0.139. The van der Waals surface area contributed by atoms with Gasteiger partial charge >= 0.3 is 0 Å². The SMILES string of the molecule is COCCN(C)Cc1ccc(-n2nc(-c3cccnc3)c3c2-c2sc(NC(C)=O)nc2CC3)c(Cl)c1. The summed E-state index contributed by atoms with van der Waals surface area (Å²) >= 11 is 8.33. The minimum absolute atomic E-state index is 0.139. The van der Waals surface area contributed by atoms with Crippen LogP contribution in [-0.4, -0.2) is 57.9 Å². The number of carbonyl (C=O) groups excluding carboxylic acids is 1. The van der Waals surface area contributed by atoms with E-state index >= 15 is 0 Å². The summed E-state index contributed by atoms with van der Waals surface area (Å²) in [5.41, 5.74) is 6.82. The number of rotatable bonds is 8. The van der Waals surface area contributed by atoms with Gasteiger partial charge in [0.15, 0.2) is 5.13 Å². The first-order valence-corrected chi connectivity index (χ1v) is 12.9. The fourth-order valence-electron chi connectivity index (χ4n) is 4.44. The number of ether oxygens (including phenoxy) is 1. The van der Waals surface area contributed by atoms with Crippen molar-refractivity contribution in [1.82, 2.24) is 24.6 Å². The second kappa shape index (κ2) is 10.5. The third-order valence-electron chi connectivity index (χ3n) is 6.10. The van der Waals surface area contributed by atoms with Gasteiger partial charge in [-0.05, 0) is 49.7 Å². The van der Waals surface area contributed by atoms with Gasteiger partial charge < -0.3 is 10.1 Å². The van der Waals surface area contributed by atoms with Crippen LogP contribution in [-0.2, 0) is 28.9 Å². The van der Waals surface area contributed by atoms with Gasteiger partial charge in [-0.3, -0.25) is 14.7 Å². The Morgan fingerprint density at radius 1 is 1.31 bits per heavy atom. The molecule has 0 fully saturated rings. The van der Waals surface area contributed by atoms with Crippen LogP contribution in [0.15, 0.2) is 42.7 Å². The van der Waals surface area contributed by atoms with E-state index in [1.807, 2.05) is 35.1 Å². The maximum absolute atomic E-state index is 11.7. The van der Waals surface area contributed by atoms with E-state index in [0.717, 1.165) is 70.3 Å². The molecule has 3 heterocycles. The summed E-state index contributed by atoms with van der Waals surface area (Å²) in [5, 5.41) is 9.10. The Kier molecular flexibility index (Phi) is 7.15. The van der Waals surface area contributed by atoms with Crippen molar-refractivity contribution in [1.29, 1.82) is 0 Å². The van der Waals surface area contributed by atoms with Crippen LogP contribution in [0.5, 0.6) is 0 Å². The highest BCUT2D eigenvalue weighted by molar-refractivity contribution is 7.19. The molecule has 8 nitrogen and oxygen atoms in total. The number of anilines is 1. The van der Waals surface area contributed by atoms with Crippen LogP contribution in [0.1, 0.15) is 23.7 Å². The molecule has 36 heavy (non-hydrogen) atoms. The molecule has 3 aromatic heterocycles. The molecule has 0 saturated carbocycles. The Hall–Kier alpha value is -3.11. The average molecular weight is 523 g/mol. The highest BCUT2D eigenvalue weighted by Crippen LogP contribution is 2.44. The predicted octanol–water partition coefficient (Wildman–Crippen LogP) is 4.85. The number of nitrogens with one attached hydrogen (secondary N) is 1. The molecule has 1 aliphatic carbocycles. The number of likely N-dealkylation sites (N-methyl/N-ethyl adjacent to an activating group) is 1. The van der Waals surface area contributed by atoms with Crippen LogP contribution in [0, 0.1) is 0 Å². The summed E-state index contributed by atoms with van der Waals surface area (Å²) in [7, 11) is 3.76. The number of nitrogens with zero attached hydrogens (tertiary/aromatic N) is 5. The smallest absolute Gasteiger partial charge is 0.223 e. The van der Waals surface area contributed by atoms with E-state index in [-0.39, 0.29) is 5.91 Å². The van der Waals surface area contributed by atoms with Gasteiger partial charge in [-0.15, -0.1) is 0 Å². The number of hydrogen-bond donors (Lipinski definition) is 1. The van der Waals surface area contributed by atoms with Crippen molar-refractivity contribution in [3.05, 3.63) is 64.6 Å². The zero-order valence-electron chi connectivity index (χ0n) is 20.4. The lowest BCUT2D eigenvalue weighted by molar-refractivity contribution is -0.114. The first-order valence-electron chi connectivity index (χ1n) is 11.7. The number of carbonyl (C=O) groups is 1. The molecule has 10 heteroatoms. The van der Waals surface area contributed by atoms with Gasteiger partial charge in [0, 0.05) is 50.6 Å². The molecule has 1 N–H and O–H groups in total. The molecule has 5 rings (SSSR count). The van der Waals surface area contributed by atoms with Gasteiger partial charge in [-0.25, -0.2) is 9.67 Å². The molecule has 0 atom stereocenters. The number of thiazole rings is 1. The van der Waals surface area contributed by atoms with Gasteiger partial charge in [-0.2, -0.15) is 5.10 Å². The van der Waals surface area contributed by atoms with Crippen LogP contribution >= 0.6 is 22.9 Å². The van der Waals surface area contributed by atoms with Crippen LogP contribution < -0.4 is 5.32 Å². The zero-order chi connectivity index (χ0) is 25.2. The minimum atomic E-state index is -0.139. The summed E-state index contributed by atoms with van der Waals surface area (Å²) in [6.07, 6.45) is 5.15.